The van der Waals surface area contributed by atoms with Gasteiger partial charge in [-0.3, -0.25) is 4.98 Å². The van der Waals surface area contributed by atoms with Crippen LogP contribution in [0.5, 0.6) is 0 Å². The van der Waals surface area contributed by atoms with Crippen LogP contribution in [-0.4, -0.2) is 61.1 Å². The van der Waals surface area contributed by atoms with E-state index in [0.717, 1.165) is 0 Å². The molecule has 0 spiro atoms. The molecule has 2 heterocycles. The fourth-order valence-electron chi connectivity index (χ4n) is 2.07. The first-order chi connectivity index (χ1) is 9.47. The summed E-state index contributed by atoms with van der Waals surface area (Å²) < 4.78 is 24.4. The second-order valence-corrected chi connectivity index (χ2v) is 6.65. The standard InChI is InChI=1S/C12H18N4O3S/c1-20(18,19)16-8-2-7-15(9-10-16)12(17)14-11-3-5-13-6-4-11/h3-6H,2,7-10H2,1H3,(H,13,14,17). The van der Waals surface area contributed by atoms with Crippen LogP contribution in [0.1, 0.15) is 6.42 Å². The molecule has 0 radical (unpaired) electrons. The first-order valence-electron chi connectivity index (χ1n) is 6.38. The molecule has 110 valence electrons. The molecule has 0 aliphatic carbocycles. The predicted molar refractivity (Wildman–Crippen MR) is 75.9 cm³/mol. The smallest absolute Gasteiger partial charge is 0.321 e. The molecule has 7 nitrogen and oxygen atoms in total. The molecular weight excluding hydrogens is 280 g/mol. The van der Waals surface area contributed by atoms with Crippen LogP contribution >= 0.6 is 0 Å². The van der Waals surface area contributed by atoms with Gasteiger partial charge in [0.25, 0.3) is 0 Å². The number of carbonyl (C=O) groups is 1. The van der Waals surface area contributed by atoms with Crippen molar-refractivity contribution in [1.29, 1.82) is 0 Å². The predicted octanol–water partition coefficient (Wildman–Crippen LogP) is 0.581. The van der Waals surface area contributed by atoms with Crippen LogP contribution in [0.25, 0.3) is 0 Å². The highest BCUT2D eigenvalue weighted by atomic mass is 32.2. The lowest BCUT2D eigenvalue weighted by molar-refractivity contribution is 0.214. The van der Waals surface area contributed by atoms with Gasteiger partial charge in [-0.15, -0.1) is 0 Å². The summed E-state index contributed by atoms with van der Waals surface area (Å²) in [4.78, 5) is 17.6. The quantitative estimate of drug-likeness (QED) is 0.866. The molecule has 0 saturated carbocycles. The maximum Gasteiger partial charge on any atom is 0.321 e. The van der Waals surface area contributed by atoms with Crippen LogP contribution in [0.4, 0.5) is 10.5 Å². The van der Waals surface area contributed by atoms with Crippen molar-refractivity contribution < 1.29 is 13.2 Å². The van der Waals surface area contributed by atoms with Crippen LogP contribution in [0.3, 0.4) is 0 Å². The Balaban J connectivity index is 1.95. The molecule has 1 fully saturated rings. The summed E-state index contributed by atoms with van der Waals surface area (Å²) in [5.41, 5.74) is 0.675. The number of pyridine rings is 1. The zero-order valence-corrected chi connectivity index (χ0v) is 12.1. The van der Waals surface area contributed by atoms with Crippen LogP contribution < -0.4 is 5.32 Å². The molecule has 1 saturated heterocycles. The number of nitrogens with one attached hydrogen (secondary N) is 1. The average molecular weight is 298 g/mol. The summed E-state index contributed by atoms with van der Waals surface area (Å²) in [6.45, 7) is 1.73. The Labute approximate surface area is 118 Å². The zero-order valence-electron chi connectivity index (χ0n) is 11.3. The van der Waals surface area contributed by atoms with Crippen molar-refractivity contribution in [2.24, 2.45) is 0 Å². The van der Waals surface area contributed by atoms with E-state index in [4.69, 9.17) is 0 Å². The monoisotopic (exact) mass is 298 g/mol. The molecule has 0 atom stereocenters. The second-order valence-electron chi connectivity index (χ2n) is 4.67. The number of anilines is 1. The van der Waals surface area contributed by atoms with E-state index in [1.165, 1.54) is 10.6 Å². The maximum absolute atomic E-state index is 12.1. The number of aromatic nitrogens is 1. The highest BCUT2D eigenvalue weighted by molar-refractivity contribution is 7.88. The molecule has 8 heteroatoms. The van der Waals surface area contributed by atoms with Gasteiger partial charge in [0, 0.05) is 44.3 Å². The molecular formula is C12H18N4O3S. The van der Waals surface area contributed by atoms with Crippen molar-refractivity contribution in [3.63, 3.8) is 0 Å². The lowest BCUT2D eigenvalue weighted by atomic mass is 10.4. The van der Waals surface area contributed by atoms with Gasteiger partial charge in [-0.2, -0.15) is 0 Å². The average Bonchev–Trinajstić information content (AvgIpc) is 2.65. The summed E-state index contributed by atoms with van der Waals surface area (Å²) in [5, 5.41) is 2.77. The van der Waals surface area contributed by atoms with E-state index in [2.05, 4.69) is 10.3 Å². The van der Waals surface area contributed by atoms with Crippen LogP contribution in [0.15, 0.2) is 24.5 Å². The number of rotatable bonds is 2. The van der Waals surface area contributed by atoms with Gasteiger partial charge in [0.2, 0.25) is 10.0 Å². The minimum Gasteiger partial charge on any atom is -0.323 e. The highest BCUT2D eigenvalue weighted by Crippen LogP contribution is 2.10. The molecule has 1 N–H and O–H groups in total. The van der Waals surface area contributed by atoms with Gasteiger partial charge in [0.1, 0.15) is 0 Å². The second kappa shape index (κ2) is 6.19. The number of urea groups is 1. The van der Waals surface area contributed by atoms with E-state index in [1.807, 2.05) is 0 Å². The molecule has 0 bridgehead atoms. The van der Waals surface area contributed by atoms with Crippen LogP contribution in [0.2, 0.25) is 0 Å². The molecule has 0 aromatic carbocycles. The molecule has 2 rings (SSSR count). The Morgan fingerprint density at radius 3 is 2.55 bits per heavy atom. The third kappa shape index (κ3) is 3.91. The summed E-state index contributed by atoms with van der Waals surface area (Å²) >= 11 is 0. The van der Waals surface area contributed by atoms with Crippen molar-refractivity contribution in [2.75, 3.05) is 37.8 Å². The number of sulfonamides is 1. The Bertz CT molecular complexity index is 561. The molecule has 2 amide bonds. The van der Waals surface area contributed by atoms with Gasteiger partial charge < -0.3 is 10.2 Å². The molecule has 1 aromatic rings. The fraction of sp³-hybridized carbons (Fsp3) is 0.500. The van der Waals surface area contributed by atoms with E-state index in [9.17, 15) is 13.2 Å². The Hall–Kier alpha value is -1.67. The van der Waals surface area contributed by atoms with Gasteiger partial charge >= 0.3 is 6.03 Å². The van der Waals surface area contributed by atoms with Gasteiger partial charge in [-0.1, -0.05) is 0 Å². The van der Waals surface area contributed by atoms with E-state index < -0.39 is 10.0 Å². The Morgan fingerprint density at radius 1 is 1.20 bits per heavy atom. The Morgan fingerprint density at radius 2 is 1.90 bits per heavy atom. The minimum atomic E-state index is -3.19. The summed E-state index contributed by atoms with van der Waals surface area (Å²) in [6.07, 6.45) is 5.03. The lowest BCUT2D eigenvalue weighted by Crippen LogP contribution is -2.39. The molecule has 0 unspecified atom stereocenters. The number of nitrogens with zero attached hydrogens (tertiary/aromatic N) is 3. The first kappa shape index (κ1) is 14.7. The number of hydrogen-bond acceptors (Lipinski definition) is 4. The summed E-state index contributed by atoms with van der Waals surface area (Å²) in [7, 11) is -3.19. The zero-order chi connectivity index (χ0) is 14.6. The van der Waals surface area contributed by atoms with E-state index >= 15 is 0 Å². The molecule has 1 aromatic heterocycles. The third-order valence-electron chi connectivity index (χ3n) is 3.14. The normalized spacial score (nSPS) is 17.6. The van der Waals surface area contributed by atoms with Crippen LogP contribution in [-0.2, 0) is 10.0 Å². The van der Waals surface area contributed by atoms with Gasteiger partial charge in [0.05, 0.1) is 6.26 Å². The third-order valence-corrected chi connectivity index (χ3v) is 4.45. The fourth-order valence-corrected chi connectivity index (χ4v) is 2.94. The maximum atomic E-state index is 12.1. The van der Waals surface area contributed by atoms with Gasteiger partial charge in [-0.25, -0.2) is 17.5 Å². The largest absolute Gasteiger partial charge is 0.323 e. The van der Waals surface area contributed by atoms with Crippen molar-refractivity contribution >= 4 is 21.7 Å². The van der Waals surface area contributed by atoms with Crippen LogP contribution in [0, 0.1) is 0 Å². The van der Waals surface area contributed by atoms with Crippen molar-refractivity contribution in [2.45, 2.75) is 6.42 Å². The molecule has 20 heavy (non-hydrogen) atoms. The molecule has 1 aliphatic rings. The van der Waals surface area contributed by atoms with Gasteiger partial charge in [-0.05, 0) is 18.6 Å². The van der Waals surface area contributed by atoms with E-state index in [1.54, 1.807) is 29.4 Å². The van der Waals surface area contributed by atoms with Crippen molar-refractivity contribution in [3.8, 4) is 0 Å². The van der Waals surface area contributed by atoms with Crippen molar-refractivity contribution in [3.05, 3.63) is 24.5 Å². The van der Waals surface area contributed by atoms with E-state index in [-0.39, 0.29) is 6.03 Å². The molecule has 1 aliphatic heterocycles. The number of hydrogen-bond donors (Lipinski definition) is 1. The number of amides is 2. The highest BCUT2D eigenvalue weighted by Gasteiger charge is 2.23. The summed E-state index contributed by atoms with van der Waals surface area (Å²) in [5.74, 6) is 0. The topological polar surface area (TPSA) is 82.6 Å². The number of carbonyl (C=O) groups excluding carboxylic acids is 1. The lowest BCUT2D eigenvalue weighted by Gasteiger charge is -2.21. The summed E-state index contributed by atoms with van der Waals surface area (Å²) in [6, 6.07) is 3.20. The minimum absolute atomic E-state index is 0.216. The van der Waals surface area contributed by atoms with Gasteiger partial charge in [0.15, 0.2) is 0 Å². The Kier molecular flexibility index (Phi) is 4.56. The van der Waals surface area contributed by atoms with Crippen molar-refractivity contribution in [1.82, 2.24) is 14.2 Å². The SMILES string of the molecule is CS(=O)(=O)N1CCCN(C(=O)Nc2ccncc2)CC1. The first-order valence-corrected chi connectivity index (χ1v) is 8.23. The van der Waals surface area contributed by atoms with E-state index in [0.29, 0.717) is 38.3 Å².